The summed E-state index contributed by atoms with van der Waals surface area (Å²) in [5.74, 6) is 1.61. The fourth-order valence-electron chi connectivity index (χ4n) is 1.21. The maximum absolute atomic E-state index is 5.61. The van der Waals surface area contributed by atoms with Crippen LogP contribution in [0.2, 0.25) is 0 Å². The lowest BCUT2D eigenvalue weighted by molar-refractivity contribution is 0.483. The molecule has 0 atom stereocenters. The minimum absolute atomic E-state index is 0.789. The maximum atomic E-state index is 5.61. The minimum Gasteiger partial charge on any atom is -0.457 e. The van der Waals surface area contributed by atoms with Crippen molar-refractivity contribution in [2.45, 2.75) is 0 Å². The van der Waals surface area contributed by atoms with E-state index in [0.717, 1.165) is 17.2 Å². The second-order valence-corrected chi connectivity index (χ2v) is 3.22. The lowest BCUT2D eigenvalue weighted by Crippen LogP contribution is -1.84. The van der Waals surface area contributed by atoms with Crippen molar-refractivity contribution in [3.63, 3.8) is 0 Å². The van der Waals surface area contributed by atoms with E-state index < -0.39 is 0 Å². The molecule has 0 saturated heterocycles. The molecule has 2 aromatic carbocycles. The highest BCUT2D eigenvalue weighted by molar-refractivity contribution is 6.23. The van der Waals surface area contributed by atoms with Crippen molar-refractivity contribution in [2.24, 2.45) is 0 Å². The molecule has 0 fully saturated rings. The number of ether oxygens (including phenoxy) is 1. The van der Waals surface area contributed by atoms with Gasteiger partial charge in [-0.1, -0.05) is 18.2 Å². The lowest BCUT2D eigenvalue weighted by atomic mass is 10.3. The first-order valence-electron chi connectivity index (χ1n) is 4.58. The molecular formula is C12H10ClNO. The van der Waals surface area contributed by atoms with Crippen molar-refractivity contribution in [1.82, 2.24) is 0 Å². The first kappa shape index (κ1) is 9.87. The van der Waals surface area contributed by atoms with E-state index in [2.05, 4.69) is 4.84 Å². The Morgan fingerprint density at radius 1 is 0.800 bits per heavy atom. The number of anilines is 1. The fraction of sp³-hybridized carbons (Fsp3) is 0. The van der Waals surface area contributed by atoms with E-state index in [4.69, 9.17) is 16.5 Å². The van der Waals surface area contributed by atoms with Crippen LogP contribution in [0.4, 0.5) is 5.69 Å². The first-order valence-corrected chi connectivity index (χ1v) is 4.96. The van der Waals surface area contributed by atoms with E-state index in [9.17, 15) is 0 Å². The zero-order chi connectivity index (χ0) is 10.5. The standard InChI is InChI=1S/C12H10ClNO/c13-14-10-6-8-12(9-7-10)15-11-4-2-1-3-5-11/h1-9,14H. The average Bonchev–Trinajstić information content (AvgIpc) is 2.31. The molecule has 0 spiro atoms. The van der Waals surface area contributed by atoms with Crippen LogP contribution in [0.5, 0.6) is 11.5 Å². The fourth-order valence-corrected chi connectivity index (χ4v) is 1.34. The number of rotatable bonds is 3. The largest absolute Gasteiger partial charge is 0.457 e. The molecule has 2 rings (SSSR count). The van der Waals surface area contributed by atoms with Gasteiger partial charge in [-0.25, -0.2) is 0 Å². The quantitative estimate of drug-likeness (QED) is 0.787. The Balaban J connectivity index is 2.11. The smallest absolute Gasteiger partial charge is 0.127 e. The van der Waals surface area contributed by atoms with Crippen LogP contribution in [0.15, 0.2) is 54.6 Å². The number of hydrogen-bond acceptors (Lipinski definition) is 2. The number of nitrogens with one attached hydrogen (secondary N) is 1. The Kier molecular flexibility index (Phi) is 3.10. The van der Waals surface area contributed by atoms with E-state index in [0.29, 0.717) is 0 Å². The molecule has 0 unspecified atom stereocenters. The molecule has 0 radical (unpaired) electrons. The van der Waals surface area contributed by atoms with Crippen LogP contribution < -0.4 is 9.57 Å². The van der Waals surface area contributed by atoms with Gasteiger partial charge in [0.15, 0.2) is 0 Å². The van der Waals surface area contributed by atoms with Crippen LogP contribution in [0.25, 0.3) is 0 Å². The van der Waals surface area contributed by atoms with E-state index in [1.165, 1.54) is 0 Å². The number of para-hydroxylation sites is 1. The van der Waals surface area contributed by atoms with Crippen LogP contribution in [0, 0.1) is 0 Å². The van der Waals surface area contributed by atoms with Crippen LogP contribution in [0.3, 0.4) is 0 Å². The van der Waals surface area contributed by atoms with Crippen LogP contribution in [-0.4, -0.2) is 0 Å². The number of benzene rings is 2. The summed E-state index contributed by atoms with van der Waals surface area (Å²) < 4.78 is 5.61. The molecule has 0 heterocycles. The van der Waals surface area contributed by atoms with Gasteiger partial charge in [0, 0.05) is 17.5 Å². The van der Waals surface area contributed by atoms with Gasteiger partial charge in [-0.15, -0.1) is 0 Å². The predicted octanol–water partition coefficient (Wildman–Crippen LogP) is 4.04. The third-order valence-electron chi connectivity index (χ3n) is 1.94. The molecule has 0 bridgehead atoms. The zero-order valence-corrected chi connectivity index (χ0v) is 8.74. The second-order valence-electron chi connectivity index (χ2n) is 3.03. The summed E-state index contributed by atoms with van der Waals surface area (Å²) in [6.45, 7) is 0. The SMILES string of the molecule is ClNc1ccc(Oc2ccccc2)cc1. The molecular weight excluding hydrogens is 210 g/mol. The summed E-state index contributed by atoms with van der Waals surface area (Å²) >= 11 is 5.45. The van der Waals surface area contributed by atoms with Gasteiger partial charge in [0.05, 0.1) is 0 Å². The summed E-state index contributed by atoms with van der Waals surface area (Å²) in [6, 6.07) is 17.1. The van der Waals surface area contributed by atoms with Crippen molar-refractivity contribution < 1.29 is 4.74 Å². The highest BCUT2D eigenvalue weighted by Crippen LogP contribution is 2.22. The second kappa shape index (κ2) is 4.71. The van der Waals surface area contributed by atoms with Gasteiger partial charge in [0.25, 0.3) is 0 Å². The molecule has 2 nitrogen and oxygen atoms in total. The highest BCUT2D eigenvalue weighted by atomic mass is 35.5. The number of hydrogen-bond donors (Lipinski definition) is 1. The lowest BCUT2D eigenvalue weighted by Gasteiger charge is -2.05. The van der Waals surface area contributed by atoms with Crippen molar-refractivity contribution in [2.75, 3.05) is 4.84 Å². The molecule has 1 N–H and O–H groups in total. The van der Waals surface area contributed by atoms with Crippen molar-refractivity contribution >= 4 is 17.5 Å². The van der Waals surface area contributed by atoms with Crippen molar-refractivity contribution in [1.29, 1.82) is 0 Å². The first-order chi connectivity index (χ1) is 7.38. The zero-order valence-electron chi connectivity index (χ0n) is 7.98. The predicted molar refractivity (Wildman–Crippen MR) is 62.4 cm³/mol. The Bertz CT molecular complexity index is 413. The van der Waals surface area contributed by atoms with E-state index in [1.807, 2.05) is 54.6 Å². The summed E-state index contributed by atoms with van der Waals surface area (Å²) in [4.78, 5) is 2.53. The molecule has 0 aromatic heterocycles. The third kappa shape index (κ3) is 2.64. The van der Waals surface area contributed by atoms with Crippen molar-refractivity contribution in [3.8, 4) is 11.5 Å². The molecule has 0 aliphatic rings. The molecule has 0 saturated carbocycles. The molecule has 3 heteroatoms. The van der Waals surface area contributed by atoms with Gasteiger partial charge in [-0.3, -0.25) is 4.84 Å². The van der Waals surface area contributed by atoms with Crippen LogP contribution in [-0.2, 0) is 0 Å². The highest BCUT2D eigenvalue weighted by Gasteiger charge is 1.95. The molecule has 0 amide bonds. The molecule has 15 heavy (non-hydrogen) atoms. The normalized spacial score (nSPS) is 9.67. The Labute approximate surface area is 93.6 Å². The van der Waals surface area contributed by atoms with Gasteiger partial charge in [-0.2, -0.15) is 0 Å². The van der Waals surface area contributed by atoms with Gasteiger partial charge < -0.3 is 4.74 Å². The van der Waals surface area contributed by atoms with Gasteiger partial charge in [0.2, 0.25) is 0 Å². The Morgan fingerprint density at radius 3 is 2.00 bits per heavy atom. The van der Waals surface area contributed by atoms with Crippen LogP contribution >= 0.6 is 11.8 Å². The molecule has 0 aliphatic heterocycles. The van der Waals surface area contributed by atoms with E-state index in [1.54, 1.807) is 0 Å². The topological polar surface area (TPSA) is 21.3 Å². The van der Waals surface area contributed by atoms with E-state index >= 15 is 0 Å². The van der Waals surface area contributed by atoms with Gasteiger partial charge in [-0.05, 0) is 36.4 Å². The summed E-state index contributed by atoms with van der Waals surface area (Å²) in [5.41, 5.74) is 0.845. The molecule has 76 valence electrons. The number of halogens is 1. The summed E-state index contributed by atoms with van der Waals surface area (Å²) in [7, 11) is 0. The Morgan fingerprint density at radius 2 is 1.40 bits per heavy atom. The molecule has 2 aromatic rings. The van der Waals surface area contributed by atoms with Crippen LogP contribution in [0.1, 0.15) is 0 Å². The average molecular weight is 220 g/mol. The third-order valence-corrected chi connectivity index (χ3v) is 2.16. The van der Waals surface area contributed by atoms with Gasteiger partial charge >= 0.3 is 0 Å². The van der Waals surface area contributed by atoms with Crippen molar-refractivity contribution in [3.05, 3.63) is 54.6 Å². The maximum Gasteiger partial charge on any atom is 0.127 e. The Hall–Kier alpha value is -1.67. The van der Waals surface area contributed by atoms with Gasteiger partial charge in [0.1, 0.15) is 11.5 Å². The minimum atomic E-state index is 0.789. The van der Waals surface area contributed by atoms with E-state index in [-0.39, 0.29) is 0 Å². The molecule has 0 aliphatic carbocycles. The summed E-state index contributed by atoms with van der Waals surface area (Å²) in [5, 5.41) is 0. The monoisotopic (exact) mass is 219 g/mol. The summed E-state index contributed by atoms with van der Waals surface area (Å²) in [6.07, 6.45) is 0.